The molecule has 19 heavy (non-hydrogen) atoms. The van der Waals surface area contributed by atoms with E-state index < -0.39 is 5.97 Å². The Bertz CT molecular complexity index is 318. The van der Waals surface area contributed by atoms with E-state index in [4.69, 9.17) is 5.11 Å². The number of rotatable bonds is 7. The largest absolute Gasteiger partial charge is 0.481 e. The van der Waals surface area contributed by atoms with Crippen molar-refractivity contribution in [3.63, 3.8) is 0 Å². The Morgan fingerprint density at radius 3 is 2.58 bits per heavy atom. The highest BCUT2D eigenvalue weighted by Gasteiger charge is 2.29. The Morgan fingerprint density at radius 2 is 2.11 bits per heavy atom. The molecule has 0 aromatic rings. The fourth-order valence-corrected chi connectivity index (χ4v) is 2.69. The Labute approximate surface area is 115 Å². The van der Waals surface area contributed by atoms with Crippen LogP contribution in [0.4, 0.5) is 0 Å². The van der Waals surface area contributed by atoms with E-state index in [0.29, 0.717) is 18.4 Å². The molecule has 3 atom stereocenters. The molecule has 1 saturated heterocycles. The third-order valence-corrected chi connectivity index (χ3v) is 3.65. The summed E-state index contributed by atoms with van der Waals surface area (Å²) in [7, 11) is 0. The summed E-state index contributed by atoms with van der Waals surface area (Å²) in [6.45, 7) is 7.53. The highest BCUT2D eigenvalue weighted by atomic mass is 16.4. The molecule has 0 aromatic carbocycles. The standard InChI is InChI=1S/C14H26N2O3/c1-9(2)6-11(7-12(17)18)8-16-14(19)13-10(3)4-5-15-13/h9-11,13,15H,4-8H2,1-3H3,(H,16,19)(H,17,18)/t10?,11-,13?/m0/s1. The van der Waals surface area contributed by atoms with Crippen LogP contribution in [0.15, 0.2) is 0 Å². The summed E-state index contributed by atoms with van der Waals surface area (Å²) in [4.78, 5) is 22.8. The summed E-state index contributed by atoms with van der Waals surface area (Å²) < 4.78 is 0. The summed E-state index contributed by atoms with van der Waals surface area (Å²) in [6.07, 6.45) is 1.95. The minimum atomic E-state index is -0.799. The number of carbonyl (C=O) groups excluding carboxylic acids is 1. The van der Waals surface area contributed by atoms with Crippen molar-refractivity contribution in [2.75, 3.05) is 13.1 Å². The first-order valence-electron chi connectivity index (χ1n) is 7.13. The SMILES string of the molecule is CC(C)C[C@H](CNC(=O)C1NCCC1C)CC(=O)O. The first-order chi connectivity index (χ1) is 8.90. The van der Waals surface area contributed by atoms with Gasteiger partial charge in [0.2, 0.25) is 5.91 Å². The number of carboxylic acid groups (broad SMARTS) is 1. The maximum absolute atomic E-state index is 12.0. The smallest absolute Gasteiger partial charge is 0.303 e. The molecule has 110 valence electrons. The minimum absolute atomic E-state index is 0.00384. The quantitative estimate of drug-likeness (QED) is 0.650. The van der Waals surface area contributed by atoms with Gasteiger partial charge in [-0.2, -0.15) is 0 Å². The maximum Gasteiger partial charge on any atom is 0.303 e. The van der Waals surface area contributed by atoms with Crippen LogP contribution in [-0.2, 0) is 9.59 Å². The van der Waals surface area contributed by atoms with Crippen LogP contribution in [0.5, 0.6) is 0 Å². The number of carboxylic acids is 1. The van der Waals surface area contributed by atoms with E-state index in [1.54, 1.807) is 0 Å². The highest BCUT2D eigenvalue weighted by Crippen LogP contribution is 2.17. The van der Waals surface area contributed by atoms with Crippen molar-refractivity contribution in [1.29, 1.82) is 0 Å². The Hall–Kier alpha value is -1.10. The molecule has 0 radical (unpaired) electrons. The summed E-state index contributed by atoms with van der Waals surface area (Å²) in [5, 5.41) is 15.0. The zero-order valence-corrected chi connectivity index (χ0v) is 12.1. The summed E-state index contributed by atoms with van der Waals surface area (Å²) in [6, 6.07) is -0.121. The van der Waals surface area contributed by atoms with Crippen molar-refractivity contribution in [1.82, 2.24) is 10.6 Å². The molecule has 1 heterocycles. The summed E-state index contributed by atoms with van der Waals surface area (Å²) in [5.41, 5.74) is 0. The molecule has 5 nitrogen and oxygen atoms in total. The molecular formula is C14H26N2O3. The van der Waals surface area contributed by atoms with Gasteiger partial charge in [0.1, 0.15) is 0 Å². The van der Waals surface area contributed by atoms with E-state index in [0.717, 1.165) is 19.4 Å². The van der Waals surface area contributed by atoms with Gasteiger partial charge in [-0.15, -0.1) is 0 Å². The Morgan fingerprint density at radius 1 is 1.42 bits per heavy atom. The fraction of sp³-hybridized carbons (Fsp3) is 0.857. The Kier molecular flexibility index (Phi) is 6.28. The first-order valence-corrected chi connectivity index (χ1v) is 7.13. The molecule has 3 N–H and O–H groups in total. The number of amides is 1. The van der Waals surface area contributed by atoms with Gasteiger partial charge in [0.15, 0.2) is 0 Å². The van der Waals surface area contributed by atoms with Crippen molar-refractivity contribution in [2.24, 2.45) is 17.8 Å². The monoisotopic (exact) mass is 270 g/mol. The van der Waals surface area contributed by atoms with Crippen LogP contribution < -0.4 is 10.6 Å². The first kappa shape index (κ1) is 16.0. The van der Waals surface area contributed by atoms with Gasteiger partial charge in [-0.1, -0.05) is 20.8 Å². The maximum atomic E-state index is 12.0. The highest BCUT2D eigenvalue weighted by molar-refractivity contribution is 5.82. The van der Waals surface area contributed by atoms with Gasteiger partial charge in [0, 0.05) is 13.0 Å². The average Bonchev–Trinajstić information content (AvgIpc) is 2.70. The molecule has 0 aliphatic carbocycles. The van der Waals surface area contributed by atoms with Crippen molar-refractivity contribution in [2.45, 2.75) is 46.1 Å². The Balaban J connectivity index is 2.41. The van der Waals surface area contributed by atoms with Crippen LogP contribution in [0.2, 0.25) is 0 Å². The molecule has 5 heteroatoms. The lowest BCUT2D eigenvalue weighted by Gasteiger charge is -2.20. The fourth-order valence-electron chi connectivity index (χ4n) is 2.69. The third kappa shape index (κ3) is 5.59. The molecule has 0 aromatic heterocycles. The molecule has 1 amide bonds. The molecule has 0 spiro atoms. The van der Waals surface area contributed by atoms with Gasteiger partial charge in [0.05, 0.1) is 6.04 Å². The van der Waals surface area contributed by atoms with Crippen molar-refractivity contribution in [3.05, 3.63) is 0 Å². The molecule has 0 saturated carbocycles. The second-order valence-corrected chi connectivity index (χ2v) is 6.04. The van der Waals surface area contributed by atoms with E-state index in [2.05, 4.69) is 31.4 Å². The van der Waals surface area contributed by atoms with Crippen LogP contribution in [0.25, 0.3) is 0 Å². The molecular weight excluding hydrogens is 244 g/mol. The average molecular weight is 270 g/mol. The predicted octanol–water partition coefficient (Wildman–Crippen LogP) is 1.24. The van der Waals surface area contributed by atoms with E-state index >= 15 is 0 Å². The molecule has 1 fully saturated rings. The lowest BCUT2D eigenvalue weighted by Crippen LogP contribution is -2.45. The van der Waals surface area contributed by atoms with Crippen molar-refractivity contribution >= 4 is 11.9 Å². The second-order valence-electron chi connectivity index (χ2n) is 6.04. The topological polar surface area (TPSA) is 78.4 Å². The van der Waals surface area contributed by atoms with Gasteiger partial charge in [-0.05, 0) is 37.1 Å². The molecule has 0 bridgehead atoms. The van der Waals surface area contributed by atoms with Gasteiger partial charge < -0.3 is 15.7 Å². The number of hydrogen-bond acceptors (Lipinski definition) is 3. The van der Waals surface area contributed by atoms with E-state index in [9.17, 15) is 9.59 Å². The van der Waals surface area contributed by atoms with Gasteiger partial charge >= 0.3 is 5.97 Å². The normalized spacial score (nSPS) is 24.4. The van der Waals surface area contributed by atoms with Gasteiger partial charge in [0.25, 0.3) is 0 Å². The van der Waals surface area contributed by atoms with Crippen LogP contribution in [0.3, 0.4) is 0 Å². The number of aliphatic carboxylic acids is 1. The van der Waals surface area contributed by atoms with E-state index in [1.807, 2.05) is 0 Å². The van der Waals surface area contributed by atoms with Crippen LogP contribution >= 0.6 is 0 Å². The lowest BCUT2D eigenvalue weighted by molar-refractivity contribution is -0.138. The van der Waals surface area contributed by atoms with E-state index in [-0.39, 0.29) is 24.3 Å². The zero-order valence-electron chi connectivity index (χ0n) is 12.1. The lowest BCUT2D eigenvalue weighted by atomic mass is 9.94. The van der Waals surface area contributed by atoms with Crippen molar-refractivity contribution < 1.29 is 14.7 Å². The second kappa shape index (κ2) is 7.48. The molecule has 1 aliphatic rings. The molecule has 1 aliphatic heterocycles. The minimum Gasteiger partial charge on any atom is -0.481 e. The zero-order chi connectivity index (χ0) is 14.4. The predicted molar refractivity (Wildman–Crippen MR) is 73.8 cm³/mol. The molecule has 2 unspecified atom stereocenters. The summed E-state index contributed by atoms with van der Waals surface area (Å²) >= 11 is 0. The number of hydrogen-bond donors (Lipinski definition) is 3. The number of nitrogens with one attached hydrogen (secondary N) is 2. The van der Waals surface area contributed by atoms with Crippen LogP contribution in [0.1, 0.15) is 40.0 Å². The van der Waals surface area contributed by atoms with Crippen molar-refractivity contribution in [3.8, 4) is 0 Å². The van der Waals surface area contributed by atoms with Gasteiger partial charge in [-0.25, -0.2) is 0 Å². The third-order valence-electron chi connectivity index (χ3n) is 3.65. The van der Waals surface area contributed by atoms with E-state index in [1.165, 1.54) is 0 Å². The number of carbonyl (C=O) groups is 2. The molecule has 1 rings (SSSR count). The van der Waals surface area contributed by atoms with Crippen LogP contribution in [-0.4, -0.2) is 36.1 Å². The van der Waals surface area contributed by atoms with Gasteiger partial charge in [-0.3, -0.25) is 9.59 Å². The van der Waals surface area contributed by atoms with Crippen LogP contribution in [0, 0.1) is 17.8 Å². The summed E-state index contributed by atoms with van der Waals surface area (Å²) in [5.74, 6) is 0.00219.